The van der Waals surface area contributed by atoms with E-state index in [4.69, 9.17) is 10.5 Å². The number of ether oxygens (including phenoxy) is 1. The average Bonchev–Trinajstić information content (AvgIpc) is 2.30. The highest BCUT2D eigenvalue weighted by Crippen LogP contribution is 2.32. The molecular formula is C13H13NO2. The number of carbonyl (C=O) groups excluding carboxylic acids is 1. The Kier molecular flexibility index (Phi) is 2.77. The van der Waals surface area contributed by atoms with E-state index in [0.29, 0.717) is 23.6 Å². The zero-order valence-electron chi connectivity index (χ0n) is 9.07. The molecule has 2 aromatic rings. The number of hydrogen-bond acceptors (Lipinski definition) is 3. The van der Waals surface area contributed by atoms with Gasteiger partial charge in [-0.15, -0.1) is 0 Å². The van der Waals surface area contributed by atoms with Crippen LogP contribution in [0.4, 0.5) is 5.69 Å². The fourth-order valence-electron chi connectivity index (χ4n) is 1.80. The highest BCUT2D eigenvalue weighted by atomic mass is 16.5. The van der Waals surface area contributed by atoms with Gasteiger partial charge in [-0.3, -0.25) is 4.79 Å². The van der Waals surface area contributed by atoms with Gasteiger partial charge >= 0.3 is 0 Å². The first-order valence-corrected chi connectivity index (χ1v) is 5.17. The average molecular weight is 215 g/mol. The molecule has 0 aromatic heterocycles. The maximum absolute atomic E-state index is 11.1. The van der Waals surface area contributed by atoms with Crippen LogP contribution in [0.5, 0.6) is 5.75 Å². The molecule has 0 aliphatic heterocycles. The molecule has 0 unspecified atom stereocenters. The van der Waals surface area contributed by atoms with Crippen molar-refractivity contribution in [1.29, 1.82) is 0 Å². The minimum absolute atomic E-state index is 0.483. The van der Waals surface area contributed by atoms with Gasteiger partial charge in [0.1, 0.15) is 0 Å². The first-order valence-electron chi connectivity index (χ1n) is 5.17. The van der Waals surface area contributed by atoms with E-state index >= 15 is 0 Å². The van der Waals surface area contributed by atoms with Crippen molar-refractivity contribution in [3.05, 3.63) is 35.9 Å². The summed E-state index contributed by atoms with van der Waals surface area (Å²) in [6.07, 6.45) is 0.795. The van der Waals surface area contributed by atoms with Gasteiger partial charge in [-0.25, -0.2) is 0 Å². The molecule has 0 amide bonds. The van der Waals surface area contributed by atoms with Crippen LogP contribution >= 0.6 is 0 Å². The lowest BCUT2D eigenvalue weighted by Gasteiger charge is -2.12. The van der Waals surface area contributed by atoms with Gasteiger partial charge in [0.2, 0.25) is 0 Å². The number of carbonyl (C=O) groups is 1. The zero-order valence-corrected chi connectivity index (χ0v) is 9.07. The topological polar surface area (TPSA) is 52.3 Å². The van der Waals surface area contributed by atoms with Gasteiger partial charge in [-0.2, -0.15) is 0 Å². The SMILES string of the molecule is CCOc1c(N)cc2ccccc2c1C=O. The molecule has 0 bridgehead atoms. The van der Waals surface area contributed by atoms with Crippen molar-refractivity contribution in [2.75, 3.05) is 12.3 Å². The number of hydrogen-bond donors (Lipinski definition) is 1. The van der Waals surface area contributed by atoms with Crippen molar-refractivity contribution in [2.45, 2.75) is 6.92 Å². The third kappa shape index (κ3) is 1.60. The van der Waals surface area contributed by atoms with Gasteiger partial charge in [0.25, 0.3) is 0 Å². The lowest BCUT2D eigenvalue weighted by molar-refractivity contribution is 0.112. The van der Waals surface area contributed by atoms with Crippen LogP contribution in [-0.2, 0) is 0 Å². The van der Waals surface area contributed by atoms with Gasteiger partial charge in [-0.1, -0.05) is 24.3 Å². The molecule has 2 rings (SSSR count). The largest absolute Gasteiger partial charge is 0.491 e. The Labute approximate surface area is 93.8 Å². The minimum atomic E-state index is 0.483. The summed E-state index contributed by atoms with van der Waals surface area (Å²) in [7, 11) is 0. The number of anilines is 1. The van der Waals surface area contributed by atoms with Crippen LogP contribution in [-0.4, -0.2) is 12.9 Å². The molecule has 0 spiro atoms. The predicted octanol–water partition coefficient (Wildman–Crippen LogP) is 2.63. The van der Waals surface area contributed by atoms with E-state index in [1.54, 1.807) is 0 Å². The fraction of sp³-hybridized carbons (Fsp3) is 0.154. The van der Waals surface area contributed by atoms with Crippen LogP contribution in [0.25, 0.3) is 10.8 Å². The lowest BCUT2D eigenvalue weighted by Crippen LogP contribution is -2.01. The molecule has 82 valence electrons. The summed E-state index contributed by atoms with van der Waals surface area (Å²) >= 11 is 0. The molecule has 0 saturated carbocycles. The summed E-state index contributed by atoms with van der Waals surface area (Å²) in [5.41, 5.74) is 6.89. The zero-order chi connectivity index (χ0) is 11.5. The third-order valence-corrected chi connectivity index (χ3v) is 2.48. The number of benzene rings is 2. The highest BCUT2D eigenvalue weighted by Gasteiger charge is 2.11. The van der Waals surface area contributed by atoms with Crippen molar-refractivity contribution < 1.29 is 9.53 Å². The van der Waals surface area contributed by atoms with Crippen molar-refractivity contribution in [1.82, 2.24) is 0 Å². The standard InChI is InChI=1S/C13H13NO2/c1-2-16-13-11(8-15)10-6-4-3-5-9(10)7-12(13)14/h3-8H,2,14H2,1H3. The second-order valence-electron chi connectivity index (χ2n) is 3.48. The highest BCUT2D eigenvalue weighted by molar-refractivity contribution is 6.03. The van der Waals surface area contributed by atoms with E-state index in [1.165, 1.54) is 0 Å². The van der Waals surface area contributed by atoms with E-state index < -0.39 is 0 Å². The van der Waals surface area contributed by atoms with Gasteiger partial charge < -0.3 is 10.5 Å². The fourth-order valence-corrected chi connectivity index (χ4v) is 1.80. The van der Waals surface area contributed by atoms with E-state index in [-0.39, 0.29) is 0 Å². The van der Waals surface area contributed by atoms with E-state index in [1.807, 2.05) is 37.3 Å². The Balaban J connectivity index is 2.79. The van der Waals surface area contributed by atoms with Crippen LogP contribution in [0.2, 0.25) is 0 Å². The first-order chi connectivity index (χ1) is 7.77. The Morgan fingerprint density at radius 3 is 2.81 bits per heavy atom. The Morgan fingerprint density at radius 1 is 1.38 bits per heavy atom. The molecule has 3 heteroatoms. The second-order valence-corrected chi connectivity index (χ2v) is 3.48. The van der Waals surface area contributed by atoms with E-state index in [2.05, 4.69) is 0 Å². The van der Waals surface area contributed by atoms with Crippen LogP contribution in [0.3, 0.4) is 0 Å². The quantitative estimate of drug-likeness (QED) is 0.632. The first kappa shape index (κ1) is 10.5. The van der Waals surface area contributed by atoms with Gasteiger partial charge in [0, 0.05) is 0 Å². The lowest BCUT2D eigenvalue weighted by atomic mass is 10.0. The number of rotatable bonds is 3. The number of nitrogens with two attached hydrogens (primary N) is 1. The van der Waals surface area contributed by atoms with Crippen LogP contribution in [0.15, 0.2) is 30.3 Å². The van der Waals surface area contributed by atoms with Gasteiger partial charge in [0.05, 0.1) is 17.9 Å². The normalized spacial score (nSPS) is 10.3. The van der Waals surface area contributed by atoms with E-state index in [0.717, 1.165) is 17.1 Å². The molecule has 16 heavy (non-hydrogen) atoms. The van der Waals surface area contributed by atoms with Crippen LogP contribution < -0.4 is 10.5 Å². The second kappa shape index (κ2) is 4.23. The minimum Gasteiger partial charge on any atom is -0.491 e. The van der Waals surface area contributed by atoms with Crippen LogP contribution in [0.1, 0.15) is 17.3 Å². The third-order valence-electron chi connectivity index (χ3n) is 2.48. The van der Waals surface area contributed by atoms with Gasteiger partial charge in [-0.05, 0) is 23.8 Å². The number of aldehydes is 1. The molecular weight excluding hydrogens is 202 g/mol. The molecule has 2 N–H and O–H groups in total. The monoisotopic (exact) mass is 215 g/mol. The maximum atomic E-state index is 11.1. The molecule has 0 fully saturated rings. The summed E-state index contributed by atoms with van der Waals surface area (Å²) in [6, 6.07) is 9.45. The molecule has 3 nitrogen and oxygen atoms in total. The molecule has 0 aliphatic carbocycles. The van der Waals surface area contributed by atoms with Crippen molar-refractivity contribution in [2.24, 2.45) is 0 Å². The Hall–Kier alpha value is -2.03. The molecule has 0 heterocycles. The summed E-state index contributed by atoms with van der Waals surface area (Å²) in [6.45, 7) is 2.35. The smallest absolute Gasteiger partial charge is 0.154 e. The summed E-state index contributed by atoms with van der Waals surface area (Å²) in [5, 5.41) is 1.82. The Morgan fingerprint density at radius 2 is 2.12 bits per heavy atom. The number of nitrogen functional groups attached to an aromatic ring is 1. The molecule has 0 aliphatic rings. The Bertz CT molecular complexity index is 535. The summed E-state index contributed by atoms with van der Waals surface area (Å²) in [4.78, 5) is 11.1. The van der Waals surface area contributed by atoms with Crippen molar-refractivity contribution >= 4 is 22.7 Å². The van der Waals surface area contributed by atoms with Crippen LogP contribution in [0, 0.1) is 0 Å². The maximum Gasteiger partial charge on any atom is 0.154 e. The van der Waals surface area contributed by atoms with Gasteiger partial charge in [0.15, 0.2) is 12.0 Å². The molecule has 2 aromatic carbocycles. The molecule has 0 radical (unpaired) electrons. The number of fused-ring (bicyclic) bond motifs is 1. The van der Waals surface area contributed by atoms with Crippen molar-refractivity contribution in [3.63, 3.8) is 0 Å². The summed E-state index contributed by atoms with van der Waals surface area (Å²) in [5.74, 6) is 0.483. The van der Waals surface area contributed by atoms with Crippen molar-refractivity contribution in [3.8, 4) is 5.75 Å². The van der Waals surface area contributed by atoms with E-state index in [9.17, 15) is 4.79 Å². The predicted molar refractivity (Wildman–Crippen MR) is 64.9 cm³/mol. The molecule has 0 atom stereocenters. The summed E-state index contributed by atoms with van der Waals surface area (Å²) < 4.78 is 5.41. The molecule has 0 saturated heterocycles.